The number of carbonyl (C=O) groups is 1. The number of benzene rings is 1. The van der Waals surface area contributed by atoms with Crippen LogP contribution < -0.4 is 10.5 Å². The van der Waals surface area contributed by atoms with Crippen LogP contribution in [0.15, 0.2) is 24.3 Å². The van der Waals surface area contributed by atoms with Crippen molar-refractivity contribution in [3.8, 4) is 5.75 Å². The lowest BCUT2D eigenvalue weighted by Gasteiger charge is -2.15. The van der Waals surface area contributed by atoms with Crippen LogP contribution in [-0.2, 0) is 11.3 Å². The summed E-state index contributed by atoms with van der Waals surface area (Å²) in [7, 11) is 1.79. The van der Waals surface area contributed by atoms with Crippen molar-refractivity contribution >= 4 is 5.91 Å². The molecule has 0 bridgehead atoms. The van der Waals surface area contributed by atoms with E-state index < -0.39 is 0 Å². The van der Waals surface area contributed by atoms with Crippen LogP contribution in [0, 0.1) is 0 Å². The van der Waals surface area contributed by atoms with E-state index in [0.29, 0.717) is 6.54 Å². The third-order valence-electron chi connectivity index (χ3n) is 2.84. The summed E-state index contributed by atoms with van der Waals surface area (Å²) in [5, 5.41) is 0. The molecule has 1 aliphatic heterocycles. The van der Waals surface area contributed by atoms with E-state index in [-0.39, 0.29) is 12.0 Å². The Morgan fingerprint density at radius 3 is 2.88 bits per heavy atom. The number of carbonyl (C=O) groups excluding carboxylic acids is 1. The molecule has 86 valence electrons. The van der Waals surface area contributed by atoms with Crippen molar-refractivity contribution in [2.45, 2.75) is 19.1 Å². The first-order chi connectivity index (χ1) is 7.72. The van der Waals surface area contributed by atoms with E-state index in [0.717, 1.165) is 24.3 Å². The highest BCUT2D eigenvalue weighted by Gasteiger charge is 2.31. The fourth-order valence-electron chi connectivity index (χ4n) is 1.84. The number of amides is 1. The molecule has 1 amide bonds. The SMILES string of the molecule is CN1CCC(Oc2ccccc2CN)C1=O. The highest BCUT2D eigenvalue weighted by molar-refractivity contribution is 5.83. The average Bonchev–Trinajstić information content (AvgIpc) is 2.62. The van der Waals surface area contributed by atoms with E-state index in [1.807, 2.05) is 24.3 Å². The molecule has 0 spiro atoms. The highest BCUT2D eigenvalue weighted by Crippen LogP contribution is 2.22. The summed E-state index contributed by atoms with van der Waals surface area (Å²) in [4.78, 5) is 13.4. The number of rotatable bonds is 3. The number of hydrogen-bond donors (Lipinski definition) is 1. The van der Waals surface area contributed by atoms with Gasteiger partial charge in [0.05, 0.1) is 0 Å². The molecule has 0 radical (unpaired) electrons. The third-order valence-corrected chi connectivity index (χ3v) is 2.84. The number of likely N-dealkylation sites (tertiary alicyclic amines) is 1. The standard InChI is InChI=1S/C12H16N2O2/c1-14-7-6-11(12(14)15)16-10-5-3-2-4-9(10)8-13/h2-5,11H,6-8,13H2,1H3. The van der Waals surface area contributed by atoms with Gasteiger partial charge in [0, 0.05) is 32.1 Å². The third kappa shape index (κ3) is 2.02. The minimum Gasteiger partial charge on any atom is -0.480 e. The lowest BCUT2D eigenvalue weighted by atomic mass is 10.2. The second kappa shape index (κ2) is 4.53. The zero-order valence-corrected chi connectivity index (χ0v) is 9.35. The van der Waals surface area contributed by atoms with Crippen LogP contribution in [0.2, 0.25) is 0 Å². The molecule has 1 aromatic rings. The van der Waals surface area contributed by atoms with Crippen LogP contribution >= 0.6 is 0 Å². The molecule has 2 rings (SSSR count). The molecule has 1 fully saturated rings. The van der Waals surface area contributed by atoms with E-state index in [1.165, 1.54) is 0 Å². The van der Waals surface area contributed by atoms with Gasteiger partial charge in [-0.2, -0.15) is 0 Å². The molecule has 0 aromatic heterocycles. The molecule has 16 heavy (non-hydrogen) atoms. The topological polar surface area (TPSA) is 55.6 Å². The zero-order chi connectivity index (χ0) is 11.5. The number of nitrogens with zero attached hydrogens (tertiary/aromatic N) is 1. The van der Waals surface area contributed by atoms with E-state index in [1.54, 1.807) is 11.9 Å². The first-order valence-electron chi connectivity index (χ1n) is 5.42. The molecule has 4 nitrogen and oxygen atoms in total. The van der Waals surface area contributed by atoms with Gasteiger partial charge in [-0.05, 0) is 6.07 Å². The van der Waals surface area contributed by atoms with Gasteiger partial charge in [0.15, 0.2) is 6.10 Å². The van der Waals surface area contributed by atoms with Crippen molar-refractivity contribution in [1.29, 1.82) is 0 Å². The van der Waals surface area contributed by atoms with Gasteiger partial charge in [-0.1, -0.05) is 18.2 Å². The van der Waals surface area contributed by atoms with Crippen molar-refractivity contribution < 1.29 is 9.53 Å². The van der Waals surface area contributed by atoms with Crippen LogP contribution in [0.3, 0.4) is 0 Å². The van der Waals surface area contributed by atoms with Crippen molar-refractivity contribution in [1.82, 2.24) is 4.90 Å². The second-order valence-corrected chi connectivity index (χ2v) is 3.97. The molecule has 1 heterocycles. The Kier molecular flexibility index (Phi) is 3.10. The Balaban J connectivity index is 2.12. The summed E-state index contributed by atoms with van der Waals surface area (Å²) in [6.07, 6.45) is 0.395. The second-order valence-electron chi connectivity index (χ2n) is 3.97. The van der Waals surface area contributed by atoms with Crippen LogP contribution in [0.1, 0.15) is 12.0 Å². The Hall–Kier alpha value is -1.55. The average molecular weight is 220 g/mol. The molecule has 1 unspecified atom stereocenters. The predicted octanol–water partition coefficient (Wildman–Crippen LogP) is 0.755. The monoisotopic (exact) mass is 220 g/mol. The van der Waals surface area contributed by atoms with Crippen LogP contribution in [0.25, 0.3) is 0 Å². The van der Waals surface area contributed by atoms with Gasteiger partial charge in [-0.15, -0.1) is 0 Å². The number of likely N-dealkylation sites (N-methyl/N-ethyl adjacent to an activating group) is 1. The maximum atomic E-state index is 11.7. The largest absolute Gasteiger partial charge is 0.480 e. The Morgan fingerprint density at radius 2 is 2.25 bits per heavy atom. The van der Waals surface area contributed by atoms with Crippen molar-refractivity contribution in [3.63, 3.8) is 0 Å². The fourth-order valence-corrected chi connectivity index (χ4v) is 1.84. The minimum atomic E-state index is -0.349. The molecule has 4 heteroatoms. The molecule has 1 atom stereocenters. The van der Waals surface area contributed by atoms with E-state index in [2.05, 4.69) is 0 Å². The number of para-hydroxylation sites is 1. The van der Waals surface area contributed by atoms with Crippen molar-refractivity contribution in [2.75, 3.05) is 13.6 Å². The Morgan fingerprint density at radius 1 is 1.50 bits per heavy atom. The summed E-state index contributed by atoms with van der Waals surface area (Å²) < 4.78 is 5.71. The molecule has 1 saturated heterocycles. The molecular formula is C12H16N2O2. The summed E-state index contributed by atoms with van der Waals surface area (Å²) in [6, 6.07) is 7.57. The van der Waals surface area contributed by atoms with Gasteiger partial charge >= 0.3 is 0 Å². The summed E-state index contributed by atoms with van der Waals surface area (Å²) >= 11 is 0. The van der Waals surface area contributed by atoms with E-state index in [9.17, 15) is 4.79 Å². The normalized spacial score (nSPS) is 20.2. The molecule has 0 aliphatic carbocycles. The first kappa shape index (κ1) is 11.0. The zero-order valence-electron chi connectivity index (χ0n) is 9.35. The Labute approximate surface area is 95.0 Å². The number of hydrogen-bond acceptors (Lipinski definition) is 3. The lowest BCUT2D eigenvalue weighted by Crippen LogP contribution is -2.29. The molecule has 1 aliphatic rings. The molecular weight excluding hydrogens is 204 g/mol. The Bertz CT molecular complexity index is 392. The van der Waals surface area contributed by atoms with Crippen molar-refractivity contribution in [3.05, 3.63) is 29.8 Å². The van der Waals surface area contributed by atoms with Gasteiger partial charge in [-0.3, -0.25) is 4.79 Å². The number of ether oxygens (including phenoxy) is 1. The maximum absolute atomic E-state index is 11.7. The smallest absolute Gasteiger partial charge is 0.263 e. The summed E-state index contributed by atoms with van der Waals surface area (Å²) in [6.45, 7) is 1.18. The van der Waals surface area contributed by atoms with Gasteiger partial charge in [0.1, 0.15) is 5.75 Å². The van der Waals surface area contributed by atoms with Gasteiger partial charge in [0.25, 0.3) is 5.91 Å². The minimum absolute atomic E-state index is 0.0480. The molecule has 1 aromatic carbocycles. The fraction of sp³-hybridized carbons (Fsp3) is 0.417. The lowest BCUT2D eigenvalue weighted by molar-refractivity contribution is -0.132. The first-order valence-corrected chi connectivity index (χ1v) is 5.42. The van der Waals surface area contributed by atoms with Crippen LogP contribution in [0.5, 0.6) is 5.75 Å². The van der Waals surface area contributed by atoms with Gasteiger partial charge < -0.3 is 15.4 Å². The van der Waals surface area contributed by atoms with E-state index >= 15 is 0 Å². The number of nitrogens with two attached hydrogens (primary N) is 1. The van der Waals surface area contributed by atoms with E-state index in [4.69, 9.17) is 10.5 Å². The summed E-state index contributed by atoms with van der Waals surface area (Å²) in [5.41, 5.74) is 6.55. The molecule has 0 saturated carbocycles. The van der Waals surface area contributed by atoms with Gasteiger partial charge in [0.2, 0.25) is 0 Å². The summed E-state index contributed by atoms with van der Waals surface area (Å²) in [5.74, 6) is 0.769. The van der Waals surface area contributed by atoms with Crippen molar-refractivity contribution in [2.24, 2.45) is 5.73 Å². The van der Waals surface area contributed by atoms with Gasteiger partial charge in [-0.25, -0.2) is 0 Å². The maximum Gasteiger partial charge on any atom is 0.263 e. The van der Waals surface area contributed by atoms with Crippen LogP contribution in [-0.4, -0.2) is 30.5 Å². The predicted molar refractivity (Wildman–Crippen MR) is 61.0 cm³/mol. The highest BCUT2D eigenvalue weighted by atomic mass is 16.5. The molecule has 2 N–H and O–H groups in total. The van der Waals surface area contributed by atoms with Crippen LogP contribution in [0.4, 0.5) is 0 Å². The quantitative estimate of drug-likeness (QED) is 0.818.